The molecule has 4 aliphatic carbocycles. The van der Waals surface area contributed by atoms with E-state index >= 15 is 0 Å². The molecule has 0 aromatic heterocycles. The Morgan fingerprint density at radius 2 is 1.91 bits per heavy atom. The molecule has 2 saturated heterocycles. The van der Waals surface area contributed by atoms with E-state index in [1.165, 1.54) is 7.11 Å². The SMILES string of the molecule is COC(=O)C1C2C3CC[C@@]4(CC(O)C(=O)O4)[C@@]3(C)C[C@H]3O[C@@]23[C@@]2(C)CC[C@H](O)C=C2[C@@H]1O. The van der Waals surface area contributed by atoms with Crippen LogP contribution in [0.2, 0.25) is 0 Å². The fraction of sp³-hybridized carbons (Fsp3) is 0.833. The average molecular weight is 449 g/mol. The number of methoxy groups -OCH3 is 1. The summed E-state index contributed by atoms with van der Waals surface area (Å²) in [4.78, 5) is 25.3. The highest BCUT2D eigenvalue weighted by molar-refractivity contribution is 5.78. The zero-order chi connectivity index (χ0) is 22.8. The van der Waals surface area contributed by atoms with Gasteiger partial charge in [-0.15, -0.1) is 0 Å². The molecule has 0 aromatic rings. The minimum atomic E-state index is -1.13. The highest BCUT2D eigenvalue weighted by Crippen LogP contribution is 2.78. The van der Waals surface area contributed by atoms with Crippen LogP contribution in [-0.4, -0.2) is 70.0 Å². The maximum Gasteiger partial charge on any atom is 0.335 e. The Hall–Kier alpha value is -1.48. The predicted octanol–water partition coefficient (Wildman–Crippen LogP) is 0.858. The number of ether oxygens (including phenoxy) is 3. The van der Waals surface area contributed by atoms with Gasteiger partial charge >= 0.3 is 11.9 Å². The topological polar surface area (TPSA) is 126 Å². The molecular formula is C24H32O8. The fourth-order valence-corrected chi connectivity index (χ4v) is 8.89. The van der Waals surface area contributed by atoms with Crippen LogP contribution in [0.5, 0.6) is 0 Å². The molecule has 11 atom stereocenters. The zero-order valence-electron chi connectivity index (χ0n) is 18.7. The molecule has 3 saturated carbocycles. The minimum Gasteiger partial charge on any atom is -0.469 e. The Bertz CT molecular complexity index is 931. The van der Waals surface area contributed by atoms with Crippen molar-refractivity contribution in [3.05, 3.63) is 11.6 Å². The molecule has 3 N–H and O–H groups in total. The van der Waals surface area contributed by atoms with Crippen molar-refractivity contribution in [1.29, 1.82) is 0 Å². The van der Waals surface area contributed by atoms with Crippen molar-refractivity contribution in [3.8, 4) is 0 Å². The van der Waals surface area contributed by atoms with E-state index in [1.54, 1.807) is 6.08 Å². The number of carbonyl (C=O) groups excluding carboxylic acids is 2. The van der Waals surface area contributed by atoms with Gasteiger partial charge in [0.1, 0.15) is 11.2 Å². The second-order valence-corrected chi connectivity index (χ2v) is 11.4. The van der Waals surface area contributed by atoms with E-state index in [0.717, 1.165) is 6.42 Å². The summed E-state index contributed by atoms with van der Waals surface area (Å²) in [6.07, 6.45) is 2.23. The molecule has 6 aliphatic rings. The Balaban J connectivity index is 1.50. The van der Waals surface area contributed by atoms with Crippen molar-refractivity contribution in [3.63, 3.8) is 0 Å². The lowest BCUT2D eigenvalue weighted by atomic mass is 9.43. The first kappa shape index (κ1) is 21.1. The van der Waals surface area contributed by atoms with E-state index < -0.39 is 58.2 Å². The maximum atomic E-state index is 13.1. The van der Waals surface area contributed by atoms with E-state index in [-0.39, 0.29) is 24.4 Å². The van der Waals surface area contributed by atoms with Crippen LogP contribution in [-0.2, 0) is 23.8 Å². The minimum absolute atomic E-state index is 0.0386. The fourth-order valence-electron chi connectivity index (χ4n) is 8.89. The van der Waals surface area contributed by atoms with Crippen LogP contribution in [0.15, 0.2) is 11.6 Å². The van der Waals surface area contributed by atoms with E-state index in [9.17, 15) is 24.9 Å². The quantitative estimate of drug-likeness (QED) is 0.306. The van der Waals surface area contributed by atoms with Crippen molar-refractivity contribution in [2.24, 2.45) is 28.6 Å². The van der Waals surface area contributed by atoms with Gasteiger partial charge in [0, 0.05) is 23.2 Å². The Morgan fingerprint density at radius 1 is 1.16 bits per heavy atom. The summed E-state index contributed by atoms with van der Waals surface area (Å²) < 4.78 is 17.6. The van der Waals surface area contributed by atoms with Gasteiger partial charge in [0.25, 0.3) is 0 Å². The second-order valence-electron chi connectivity index (χ2n) is 11.4. The van der Waals surface area contributed by atoms with E-state index in [1.807, 2.05) is 0 Å². The highest BCUT2D eigenvalue weighted by Gasteiger charge is 2.84. The number of hydrogen-bond acceptors (Lipinski definition) is 8. The average Bonchev–Trinajstić information content (AvgIpc) is 3.31. The Labute approximate surface area is 186 Å². The normalized spacial score (nSPS) is 57.6. The third-order valence-corrected chi connectivity index (χ3v) is 10.4. The lowest BCUT2D eigenvalue weighted by molar-refractivity contribution is -0.180. The van der Waals surface area contributed by atoms with Crippen molar-refractivity contribution < 1.29 is 39.1 Å². The van der Waals surface area contributed by atoms with Crippen LogP contribution >= 0.6 is 0 Å². The van der Waals surface area contributed by atoms with Crippen LogP contribution in [0.1, 0.15) is 52.4 Å². The number of esters is 2. The molecule has 8 heteroatoms. The van der Waals surface area contributed by atoms with Gasteiger partial charge in [-0.25, -0.2) is 4.79 Å². The van der Waals surface area contributed by atoms with Gasteiger partial charge < -0.3 is 29.5 Å². The molecule has 0 aromatic carbocycles. The molecule has 5 fully saturated rings. The third kappa shape index (κ3) is 2.14. The monoisotopic (exact) mass is 448 g/mol. The number of hydrogen-bond donors (Lipinski definition) is 3. The van der Waals surface area contributed by atoms with Crippen LogP contribution < -0.4 is 0 Å². The molecule has 4 unspecified atom stereocenters. The van der Waals surface area contributed by atoms with Gasteiger partial charge in [-0.2, -0.15) is 0 Å². The zero-order valence-corrected chi connectivity index (χ0v) is 18.7. The molecule has 2 spiro atoms. The number of rotatable bonds is 1. The van der Waals surface area contributed by atoms with Gasteiger partial charge in [0.05, 0.1) is 31.3 Å². The van der Waals surface area contributed by atoms with Crippen molar-refractivity contribution in [2.45, 2.75) is 88.0 Å². The first-order chi connectivity index (χ1) is 15.0. The summed E-state index contributed by atoms with van der Waals surface area (Å²) in [6, 6.07) is 0. The van der Waals surface area contributed by atoms with Gasteiger partial charge in [-0.1, -0.05) is 19.9 Å². The van der Waals surface area contributed by atoms with E-state index in [2.05, 4.69) is 13.8 Å². The molecule has 8 nitrogen and oxygen atoms in total. The van der Waals surface area contributed by atoms with Crippen molar-refractivity contribution >= 4 is 11.9 Å². The molecular weight excluding hydrogens is 416 g/mol. The maximum absolute atomic E-state index is 13.1. The molecule has 0 amide bonds. The van der Waals surface area contributed by atoms with Gasteiger partial charge in [-0.05, 0) is 43.6 Å². The summed E-state index contributed by atoms with van der Waals surface area (Å²) in [6.45, 7) is 4.20. The summed E-state index contributed by atoms with van der Waals surface area (Å²) in [5, 5.41) is 32.0. The summed E-state index contributed by atoms with van der Waals surface area (Å²) in [5.41, 5.74) is -1.68. The third-order valence-electron chi connectivity index (χ3n) is 10.4. The van der Waals surface area contributed by atoms with Gasteiger partial charge in [0.2, 0.25) is 0 Å². The first-order valence-electron chi connectivity index (χ1n) is 11.8. The van der Waals surface area contributed by atoms with Crippen LogP contribution in [0.3, 0.4) is 0 Å². The van der Waals surface area contributed by atoms with Gasteiger partial charge in [0.15, 0.2) is 6.10 Å². The summed E-state index contributed by atoms with van der Waals surface area (Å²) in [5.74, 6) is -2.22. The molecule has 0 radical (unpaired) electrons. The molecule has 2 heterocycles. The highest BCUT2D eigenvalue weighted by atomic mass is 16.6. The van der Waals surface area contributed by atoms with E-state index in [0.29, 0.717) is 31.3 Å². The second kappa shape index (κ2) is 6.14. The first-order valence-corrected chi connectivity index (χ1v) is 11.8. The molecule has 32 heavy (non-hydrogen) atoms. The number of aliphatic hydroxyl groups excluding tert-OH is 3. The Morgan fingerprint density at radius 3 is 2.56 bits per heavy atom. The van der Waals surface area contributed by atoms with Crippen molar-refractivity contribution in [1.82, 2.24) is 0 Å². The number of carbonyl (C=O) groups is 2. The smallest absolute Gasteiger partial charge is 0.335 e. The van der Waals surface area contributed by atoms with Crippen molar-refractivity contribution in [2.75, 3.05) is 7.11 Å². The van der Waals surface area contributed by atoms with Crippen LogP contribution in [0.25, 0.3) is 0 Å². The largest absolute Gasteiger partial charge is 0.469 e. The van der Waals surface area contributed by atoms with Gasteiger partial charge in [-0.3, -0.25) is 4.79 Å². The Kier molecular flexibility index (Phi) is 4.05. The number of aliphatic hydroxyl groups is 3. The predicted molar refractivity (Wildman–Crippen MR) is 109 cm³/mol. The number of epoxide rings is 1. The number of fused-ring (bicyclic) bond motifs is 4. The molecule has 176 valence electrons. The molecule has 6 rings (SSSR count). The van der Waals surface area contributed by atoms with E-state index in [4.69, 9.17) is 14.2 Å². The standard InChI is InChI=1S/C24H32O8/c1-21-6-4-11(25)8-13(21)18(27)16(20(29)30-3)17-12-5-7-23(9-14(26)19(28)32-23)22(12,2)10-15-24(17,21)31-15/h8,11-12,14-18,25-27H,4-7,9-10H2,1-3H3/t11-,12?,14?,15+,16?,17?,18-,21-,22-,23+,24+/m0/s1. The summed E-state index contributed by atoms with van der Waals surface area (Å²) in [7, 11) is 1.33. The summed E-state index contributed by atoms with van der Waals surface area (Å²) >= 11 is 0. The molecule has 2 aliphatic heterocycles. The lowest BCUT2D eigenvalue weighted by Gasteiger charge is -2.60. The van der Waals surface area contributed by atoms with Crippen LogP contribution in [0, 0.1) is 28.6 Å². The lowest BCUT2D eigenvalue weighted by Crippen LogP contribution is -2.66. The van der Waals surface area contributed by atoms with Crippen LogP contribution in [0.4, 0.5) is 0 Å². The molecule has 0 bridgehead atoms.